The largest absolute Gasteiger partial charge is 0.325 e. The lowest BCUT2D eigenvalue weighted by Crippen LogP contribution is -2.30. The maximum absolute atomic E-state index is 13.2. The monoisotopic (exact) mass is 549 g/mol. The van der Waals surface area contributed by atoms with E-state index in [1.165, 1.54) is 11.8 Å². The number of hydrogen-bond donors (Lipinski definition) is 3. The van der Waals surface area contributed by atoms with E-state index in [1.807, 2.05) is 81.4 Å². The van der Waals surface area contributed by atoms with Gasteiger partial charge in [0.25, 0.3) is 11.8 Å². The number of hydrogen-bond acceptors (Lipinski definition) is 4. The maximum Gasteiger partial charge on any atom is 0.272 e. The molecular weight excluding hydrogens is 518 g/mol. The van der Waals surface area contributed by atoms with Crippen molar-refractivity contribution in [2.24, 2.45) is 0 Å². The van der Waals surface area contributed by atoms with E-state index in [2.05, 4.69) is 22.0 Å². The fraction of sp³-hybridized carbons (Fsp3) is 0.121. The van der Waals surface area contributed by atoms with Gasteiger partial charge in [-0.2, -0.15) is 0 Å². The number of aryl methyl sites for hydroxylation is 2. The highest BCUT2D eigenvalue weighted by Crippen LogP contribution is 2.26. The number of carbonyl (C=O) groups is 3. The molecule has 1 atom stereocenters. The van der Waals surface area contributed by atoms with Crippen molar-refractivity contribution in [2.75, 3.05) is 10.6 Å². The molecule has 4 aromatic rings. The van der Waals surface area contributed by atoms with Gasteiger partial charge in [0.2, 0.25) is 5.91 Å². The highest BCUT2D eigenvalue weighted by molar-refractivity contribution is 8.00. The molecule has 40 heavy (non-hydrogen) atoms. The van der Waals surface area contributed by atoms with E-state index in [9.17, 15) is 14.4 Å². The summed E-state index contributed by atoms with van der Waals surface area (Å²) in [5, 5.41) is 8.25. The first-order chi connectivity index (χ1) is 19.3. The lowest BCUT2D eigenvalue weighted by Gasteiger charge is -2.14. The fourth-order valence-electron chi connectivity index (χ4n) is 4.02. The second-order valence-corrected chi connectivity index (χ2v) is 10.8. The molecule has 4 aromatic carbocycles. The van der Waals surface area contributed by atoms with Crippen molar-refractivity contribution in [2.45, 2.75) is 30.9 Å². The van der Waals surface area contributed by atoms with Gasteiger partial charge in [-0.15, -0.1) is 11.8 Å². The van der Waals surface area contributed by atoms with Gasteiger partial charge < -0.3 is 16.0 Å². The molecule has 0 saturated carbocycles. The number of rotatable bonds is 9. The minimum Gasteiger partial charge on any atom is -0.325 e. The van der Waals surface area contributed by atoms with E-state index < -0.39 is 5.91 Å². The number of benzene rings is 4. The quantitative estimate of drug-likeness (QED) is 0.158. The molecular formula is C33H31N3O3S. The summed E-state index contributed by atoms with van der Waals surface area (Å²) in [7, 11) is 0. The summed E-state index contributed by atoms with van der Waals surface area (Å²) >= 11 is 1.43. The van der Waals surface area contributed by atoms with Gasteiger partial charge in [0.15, 0.2) is 0 Å². The van der Waals surface area contributed by atoms with E-state index in [-0.39, 0.29) is 22.8 Å². The zero-order valence-corrected chi connectivity index (χ0v) is 23.4. The summed E-state index contributed by atoms with van der Waals surface area (Å²) < 4.78 is 0. The molecule has 0 fully saturated rings. The Balaban J connectivity index is 1.41. The molecule has 0 radical (unpaired) electrons. The fourth-order valence-corrected chi connectivity index (χ4v) is 4.89. The Labute approximate surface area is 238 Å². The third kappa shape index (κ3) is 8.19. The van der Waals surface area contributed by atoms with Gasteiger partial charge in [0.1, 0.15) is 5.70 Å². The van der Waals surface area contributed by atoms with Crippen LogP contribution in [-0.2, 0) is 9.59 Å². The van der Waals surface area contributed by atoms with Gasteiger partial charge >= 0.3 is 0 Å². The molecule has 0 bridgehead atoms. The van der Waals surface area contributed by atoms with Crippen molar-refractivity contribution < 1.29 is 14.4 Å². The van der Waals surface area contributed by atoms with Crippen LogP contribution in [0, 0.1) is 13.8 Å². The van der Waals surface area contributed by atoms with Gasteiger partial charge in [-0.1, -0.05) is 54.6 Å². The van der Waals surface area contributed by atoms with Crippen LogP contribution in [0.5, 0.6) is 0 Å². The Morgan fingerprint density at radius 1 is 0.725 bits per heavy atom. The molecule has 0 spiro atoms. The molecule has 1 unspecified atom stereocenters. The molecule has 202 valence electrons. The van der Waals surface area contributed by atoms with E-state index in [0.29, 0.717) is 11.3 Å². The highest BCUT2D eigenvalue weighted by Gasteiger charge is 2.17. The van der Waals surface area contributed by atoms with Crippen molar-refractivity contribution in [1.82, 2.24) is 5.32 Å². The second-order valence-electron chi connectivity index (χ2n) is 9.39. The zero-order valence-electron chi connectivity index (χ0n) is 22.6. The van der Waals surface area contributed by atoms with Crippen LogP contribution in [0.25, 0.3) is 6.08 Å². The first-order valence-corrected chi connectivity index (χ1v) is 13.8. The van der Waals surface area contributed by atoms with Crippen LogP contribution in [-0.4, -0.2) is 23.0 Å². The Bertz CT molecular complexity index is 1500. The van der Waals surface area contributed by atoms with Crippen LogP contribution in [0.4, 0.5) is 11.4 Å². The number of thioether (sulfide) groups is 1. The molecule has 0 aliphatic rings. The van der Waals surface area contributed by atoms with Gasteiger partial charge in [-0.3, -0.25) is 14.4 Å². The van der Waals surface area contributed by atoms with E-state index >= 15 is 0 Å². The molecule has 4 rings (SSSR count). The van der Waals surface area contributed by atoms with Crippen LogP contribution < -0.4 is 16.0 Å². The first-order valence-electron chi connectivity index (χ1n) is 12.9. The number of amides is 3. The minimum atomic E-state index is -0.449. The Kier molecular flexibility index (Phi) is 9.54. The van der Waals surface area contributed by atoms with Crippen molar-refractivity contribution >= 4 is 46.9 Å². The summed E-state index contributed by atoms with van der Waals surface area (Å²) in [6.45, 7) is 5.85. The summed E-state index contributed by atoms with van der Waals surface area (Å²) in [5.41, 5.74) is 4.88. The number of anilines is 2. The third-order valence-corrected chi connectivity index (χ3v) is 7.03. The Morgan fingerprint density at radius 3 is 1.95 bits per heavy atom. The third-order valence-electron chi connectivity index (χ3n) is 5.92. The second kappa shape index (κ2) is 13.4. The molecule has 0 saturated heterocycles. The number of carbonyl (C=O) groups excluding carboxylic acids is 3. The zero-order chi connectivity index (χ0) is 28.5. The summed E-state index contributed by atoms with van der Waals surface area (Å²) in [4.78, 5) is 39.6. The van der Waals surface area contributed by atoms with Crippen LogP contribution in [0.1, 0.15) is 34.0 Å². The SMILES string of the molecule is Cc1cc(C)cc(NC(=O)C(C)Sc2ccc(NC(=O)/C(=C/c3ccccc3)NC(=O)c3ccccc3)cc2)c1. The summed E-state index contributed by atoms with van der Waals surface area (Å²) in [6, 6.07) is 31.2. The summed E-state index contributed by atoms with van der Waals surface area (Å²) in [6.07, 6.45) is 1.64. The standard InChI is InChI=1S/C33H31N3O3S/c1-22-18-23(2)20-28(19-22)35-31(37)24(3)40-29-16-14-27(15-17-29)34-33(39)30(21-25-10-6-4-7-11-25)36-32(38)26-12-8-5-9-13-26/h4-21,24H,1-3H3,(H,34,39)(H,35,37)(H,36,38)/b30-21-. The van der Waals surface area contributed by atoms with Crippen LogP contribution in [0.15, 0.2) is 114 Å². The Morgan fingerprint density at radius 2 is 1.32 bits per heavy atom. The predicted molar refractivity (Wildman–Crippen MR) is 163 cm³/mol. The summed E-state index contributed by atoms with van der Waals surface area (Å²) in [5.74, 6) is -0.912. The molecule has 0 aromatic heterocycles. The van der Waals surface area contributed by atoms with Gasteiger partial charge in [0, 0.05) is 21.8 Å². The topological polar surface area (TPSA) is 87.3 Å². The average molecular weight is 550 g/mol. The molecule has 0 aliphatic carbocycles. The van der Waals surface area contributed by atoms with Crippen molar-refractivity contribution in [3.8, 4) is 0 Å². The van der Waals surface area contributed by atoms with Crippen molar-refractivity contribution in [1.29, 1.82) is 0 Å². The molecule has 3 amide bonds. The molecule has 0 heterocycles. The smallest absolute Gasteiger partial charge is 0.272 e. The van der Waals surface area contributed by atoms with Gasteiger partial charge in [-0.05, 0) is 92.1 Å². The molecule has 3 N–H and O–H groups in total. The van der Waals surface area contributed by atoms with E-state index in [0.717, 1.165) is 27.3 Å². The van der Waals surface area contributed by atoms with E-state index in [1.54, 1.807) is 42.5 Å². The van der Waals surface area contributed by atoms with Crippen LogP contribution in [0.2, 0.25) is 0 Å². The minimum absolute atomic E-state index is 0.0859. The molecule has 6 nitrogen and oxygen atoms in total. The molecule has 7 heteroatoms. The van der Waals surface area contributed by atoms with Crippen LogP contribution >= 0.6 is 11.8 Å². The highest BCUT2D eigenvalue weighted by atomic mass is 32.2. The maximum atomic E-state index is 13.2. The van der Waals surface area contributed by atoms with Gasteiger partial charge in [0.05, 0.1) is 5.25 Å². The Hall–Kier alpha value is -4.62. The number of nitrogens with one attached hydrogen (secondary N) is 3. The average Bonchev–Trinajstić information content (AvgIpc) is 2.94. The van der Waals surface area contributed by atoms with Crippen LogP contribution in [0.3, 0.4) is 0 Å². The predicted octanol–water partition coefficient (Wildman–Crippen LogP) is 6.83. The van der Waals surface area contributed by atoms with Crippen molar-refractivity contribution in [3.05, 3.63) is 131 Å². The van der Waals surface area contributed by atoms with Gasteiger partial charge in [-0.25, -0.2) is 0 Å². The lowest BCUT2D eigenvalue weighted by molar-refractivity contribution is -0.115. The van der Waals surface area contributed by atoms with Crippen molar-refractivity contribution in [3.63, 3.8) is 0 Å². The normalized spacial score (nSPS) is 11.8. The van der Waals surface area contributed by atoms with E-state index in [4.69, 9.17) is 0 Å². The first kappa shape index (κ1) is 28.4. The molecule has 0 aliphatic heterocycles. The lowest BCUT2D eigenvalue weighted by atomic mass is 10.1.